The Balaban J connectivity index is 0.000000924. The van der Waals surface area contributed by atoms with Gasteiger partial charge in [-0.05, 0) is 24.3 Å². The van der Waals surface area contributed by atoms with Gasteiger partial charge in [0.15, 0.2) is 0 Å². The first-order valence-electron chi connectivity index (χ1n) is 7.14. The Bertz CT molecular complexity index is 563. The van der Waals surface area contributed by atoms with Gasteiger partial charge in [0.25, 0.3) is 5.91 Å². The highest BCUT2D eigenvalue weighted by Crippen LogP contribution is 2.25. The highest BCUT2D eigenvalue weighted by Gasteiger charge is 2.31. The molecule has 1 aromatic rings. The van der Waals surface area contributed by atoms with Crippen LogP contribution in [0.15, 0.2) is 24.3 Å². The minimum absolute atomic E-state index is 0.0576. The fourth-order valence-electron chi connectivity index (χ4n) is 2.46. The highest BCUT2D eigenvalue weighted by atomic mass is 16.6. The Hall–Kier alpha value is -2.45. The molecule has 1 atom stereocenters. The Labute approximate surface area is 133 Å². The molecule has 23 heavy (non-hydrogen) atoms. The number of amides is 2. The number of nitrogens with two attached hydrogens (primary N) is 1. The molecule has 0 saturated carbocycles. The molecular weight excluding hydrogens is 302 g/mol. The Morgan fingerprint density at radius 3 is 2.26 bits per heavy atom. The van der Waals surface area contributed by atoms with Crippen LogP contribution in [0.1, 0.15) is 0 Å². The molecule has 0 spiro atoms. The Morgan fingerprint density at radius 1 is 1.13 bits per heavy atom. The lowest BCUT2D eigenvalue weighted by Gasteiger charge is -2.27. The third-order valence-electron chi connectivity index (χ3n) is 3.60. The summed E-state index contributed by atoms with van der Waals surface area (Å²) >= 11 is 0. The van der Waals surface area contributed by atoms with E-state index in [9.17, 15) is 9.59 Å². The van der Waals surface area contributed by atoms with Gasteiger partial charge in [-0.15, -0.1) is 0 Å². The van der Waals surface area contributed by atoms with E-state index in [1.807, 2.05) is 18.9 Å². The zero-order chi connectivity index (χ0) is 16.8. The molecule has 2 fully saturated rings. The van der Waals surface area contributed by atoms with E-state index < -0.39 is 0 Å². The molecule has 0 radical (unpaired) electrons. The molecule has 2 aliphatic rings. The third-order valence-corrected chi connectivity index (χ3v) is 3.60. The van der Waals surface area contributed by atoms with Gasteiger partial charge >= 0.3 is 6.09 Å². The van der Waals surface area contributed by atoms with Crippen molar-refractivity contribution >= 4 is 30.2 Å². The number of hydrogen-bond donors (Lipinski definition) is 1. The topological polar surface area (TPSA) is 102 Å². The fourth-order valence-corrected chi connectivity index (χ4v) is 2.46. The van der Waals surface area contributed by atoms with Crippen molar-refractivity contribution < 1.29 is 23.9 Å². The van der Waals surface area contributed by atoms with Crippen molar-refractivity contribution in [2.24, 2.45) is 5.73 Å². The van der Waals surface area contributed by atoms with Crippen LogP contribution in [0, 0.1) is 0 Å². The SMILES string of the molecule is C=O.NC[C@H]1CN(c2ccc(N3CCOCC3=O)cc2)C(=O)O1. The molecule has 0 aliphatic carbocycles. The molecule has 2 amide bonds. The van der Waals surface area contributed by atoms with Gasteiger partial charge < -0.3 is 24.9 Å². The standard InChI is InChI=1S/C14H17N3O4.CH2O/c15-7-12-8-17(14(19)21-12)11-3-1-10(2-4-11)16-5-6-20-9-13(16)18;1-2/h1-4,12H,5-9,15H2;1H2/t12-;/m0./s1. The van der Waals surface area contributed by atoms with Gasteiger partial charge in [-0.3, -0.25) is 9.69 Å². The highest BCUT2D eigenvalue weighted by molar-refractivity contribution is 5.95. The number of benzene rings is 1. The molecule has 0 unspecified atom stereocenters. The predicted octanol–water partition coefficient (Wildman–Crippen LogP) is 0.149. The predicted molar refractivity (Wildman–Crippen MR) is 83.4 cm³/mol. The molecule has 8 heteroatoms. The van der Waals surface area contributed by atoms with Gasteiger partial charge in [0, 0.05) is 24.5 Å². The average molecular weight is 321 g/mol. The second kappa shape index (κ2) is 7.70. The van der Waals surface area contributed by atoms with E-state index in [2.05, 4.69) is 0 Å². The fraction of sp³-hybridized carbons (Fsp3) is 0.400. The Morgan fingerprint density at radius 2 is 1.74 bits per heavy atom. The van der Waals surface area contributed by atoms with Crippen molar-refractivity contribution in [2.45, 2.75) is 6.10 Å². The summed E-state index contributed by atoms with van der Waals surface area (Å²) in [6.45, 7) is 3.94. The molecule has 2 heterocycles. The van der Waals surface area contributed by atoms with Crippen LogP contribution < -0.4 is 15.5 Å². The van der Waals surface area contributed by atoms with Gasteiger partial charge in [0.05, 0.1) is 13.2 Å². The van der Waals surface area contributed by atoms with Crippen molar-refractivity contribution in [1.29, 1.82) is 0 Å². The number of carbonyl (C=O) groups is 3. The molecule has 0 bridgehead atoms. The minimum atomic E-state index is -0.388. The maximum Gasteiger partial charge on any atom is 0.414 e. The first-order valence-corrected chi connectivity index (χ1v) is 7.14. The minimum Gasteiger partial charge on any atom is -0.443 e. The van der Waals surface area contributed by atoms with Gasteiger partial charge in [0.1, 0.15) is 19.5 Å². The lowest BCUT2D eigenvalue weighted by Crippen LogP contribution is -2.41. The number of carbonyl (C=O) groups excluding carboxylic acids is 3. The number of anilines is 2. The van der Waals surface area contributed by atoms with Crippen molar-refractivity contribution in [3.05, 3.63) is 24.3 Å². The second-order valence-corrected chi connectivity index (χ2v) is 4.97. The molecule has 2 saturated heterocycles. The van der Waals surface area contributed by atoms with E-state index in [1.165, 1.54) is 0 Å². The average Bonchev–Trinajstić information content (AvgIpc) is 2.98. The zero-order valence-electron chi connectivity index (χ0n) is 12.6. The zero-order valence-corrected chi connectivity index (χ0v) is 12.6. The van der Waals surface area contributed by atoms with Crippen LogP contribution in [0.5, 0.6) is 0 Å². The van der Waals surface area contributed by atoms with Crippen LogP contribution in [-0.4, -0.2) is 57.7 Å². The number of rotatable bonds is 3. The maximum atomic E-state index is 11.8. The normalized spacial score (nSPS) is 20.8. The largest absolute Gasteiger partial charge is 0.443 e. The van der Waals surface area contributed by atoms with Gasteiger partial charge in [-0.2, -0.15) is 0 Å². The summed E-state index contributed by atoms with van der Waals surface area (Å²) in [5, 5.41) is 0. The molecule has 3 rings (SSSR count). The summed E-state index contributed by atoms with van der Waals surface area (Å²) < 4.78 is 10.2. The van der Waals surface area contributed by atoms with Crippen LogP contribution in [0.3, 0.4) is 0 Å². The molecule has 124 valence electrons. The van der Waals surface area contributed by atoms with E-state index in [-0.39, 0.29) is 24.7 Å². The summed E-state index contributed by atoms with van der Waals surface area (Å²) in [7, 11) is 0. The van der Waals surface area contributed by atoms with Crippen LogP contribution >= 0.6 is 0 Å². The summed E-state index contributed by atoms with van der Waals surface area (Å²) in [5.41, 5.74) is 7.05. The van der Waals surface area contributed by atoms with E-state index in [0.29, 0.717) is 26.2 Å². The smallest absolute Gasteiger partial charge is 0.414 e. The van der Waals surface area contributed by atoms with Crippen molar-refractivity contribution in [2.75, 3.05) is 42.6 Å². The number of cyclic esters (lactones) is 1. The van der Waals surface area contributed by atoms with E-state index in [1.54, 1.807) is 21.9 Å². The molecule has 2 N–H and O–H groups in total. The second-order valence-electron chi connectivity index (χ2n) is 4.97. The summed E-state index contributed by atoms with van der Waals surface area (Å²) in [6, 6.07) is 7.25. The third kappa shape index (κ3) is 3.66. The first-order chi connectivity index (χ1) is 11.2. The van der Waals surface area contributed by atoms with Crippen molar-refractivity contribution in [3.63, 3.8) is 0 Å². The van der Waals surface area contributed by atoms with Gasteiger partial charge in [-0.1, -0.05) is 0 Å². The number of ether oxygens (including phenoxy) is 2. The number of morpholine rings is 1. The molecular formula is C15H19N3O5. The molecule has 2 aliphatic heterocycles. The molecule has 0 aromatic heterocycles. The number of hydrogen-bond acceptors (Lipinski definition) is 6. The van der Waals surface area contributed by atoms with Crippen LogP contribution in [0.2, 0.25) is 0 Å². The molecule has 8 nitrogen and oxygen atoms in total. The summed E-state index contributed by atoms with van der Waals surface area (Å²) in [4.78, 5) is 34.7. The van der Waals surface area contributed by atoms with E-state index in [4.69, 9.17) is 20.0 Å². The maximum absolute atomic E-state index is 11.8. The van der Waals surface area contributed by atoms with E-state index in [0.717, 1.165) is 11.4 Å². The van der Waals surface area contributed by atoms with Crippen LogP contribution in [0.25, 0.3) is 0 Å². The van der Waals surface area contributed by atoms with E-state index >= 15 is 0 Å². The van der Waals surface area contributed by atoms with Crippen molar-refractivity contribution in [1.82, 2.24) is 0 Å². The number of nitrogens with zero attached hydrogens (tertiary/aromatic N) is 2. The lowest BCUT2D eigenvalue weighted by atomic mass is 10.2. The van der Waals surface area contributed by atoms with Gasteiger partial charge in [-0.25, -0.2) is 4.79 Å². The van der Waals surface area contributed by atoms with Crippen LogP contribution in [-0.2, 0) is 19.1 Å². The summed E-state index contributed by atoms with van der Waals surface area (Å²) in [6.07, 6.45) is -0.654. The van der Waals surface area contributed by atoms with Gasteiger partial charge in [0.2, 0.25) is 0 Å². The first kappa shape index (κ1) is 16.9. The van der Waals surface area contributed by atoms with Crippen LogP contribution in [0.4, 0.5) is 16.2 Å². The molecule has 1 aromatic carbocycles. The quantitative estimate of drug-likeness (QED) is 0.850. The Kier molecular flexibility index (Phi) is 5.67. The summed E-state index contributed by atoms with van der Waals surface area (Å²) in [5.74, 6) is -0.0576. The monoisotopic (exact) mass is 321 g/mol. The van der Waals surface area contributed by atoms with Crippen molar-refractivity contribution in [3.8, 4) is 0 Å². The lowest BCUT2D eigenvalue weighted by molar-refractivity contribution is -0.125.